The van der Waals surface area contributed by atoms with Crippen LogP contribution in [-0.2, 0) is 9.53 Å². The van der Waals surface area contributed by atoms with Crippen molar-refractivity contribution in [2.45, 2.75) is 38.6 Å². The molecule has 1 aliphatic heterocycles. The Morgan fingerprint density at radius 1 is 1.37 bits per heavy atom. The highest BCUT2D eigenvalue weighted by Crippen LogP contribution is 2.29. The molecule has 0 atom stereocenters. The van der Waals surface area contributed by atoms with Crippen LogP contribution in [0.15, 0.2) is 0 Å². The van der Waals surface area contributed by atoms with E-state index in [-0.39, 0.29) is 24.0 Å². The van der Waals surface area contributed by atoms with Crippen molar-refractivity contribution in [3.8, 4) is 0 Å². The van der Waals surface area contributed by atoms with Crippen LogP contribution in [0.1, 0.15) is 32.6 Å². The predicted molar refractivity (Wildman–Crippen MR) is 68.9 cm³/mol. The van der Waals surface area contributed by atoms with Gasteiger partial charge in [0.1, 0.15) is 6.54 Å². The summed E-state index contributed by atoms with van der Waals surface area (Å²) in [6.45, 7) is 3.96. The van der Waals surface area contributed by atoms with Gasteiger partial charge in [0, 0.05) is 25.8 Å². The molecule has 2 N–H and O–H groups in total. The summed E-state index contributed by atoms with van der Waals surface area (Å²) >= 11 is 0. The van der Waals surface area contributed by atoms with Crippen LogP contribution < -0.4 is 5.32 Å². The minimum Gasteiger partial charge on any atom is -0.480 e. The SMILES string of the molecule is CC1(CNC(=O)N(CC(=O)O)C2CC2)CCOCC1. The number of aliphatic carboxylic acids is 1. The normalized spacial score (nSPS) is 21.7. The van der Waals surface area contributed by atoms with Gasteiger partial charge in [0.2, 0.25) is 0 Å². The number of nitrogens with one attached hydrogen (secondary N) is 1. The standard InChI is InChI=1S/C13H22N2O4/c1-13(4-6-19-7-5-13)9-14-12(18)15(8-11(16)17)10-2-3-10/h10H,2-9H2,1H3,(H,14,18)(H,16,17). The van der Waals surface area contributed by atoms with Crippen molar-refractivity contribution in [1.29, 1.82) is 0 Å². The van der Waals surface area contributed by atoms with E-state index in [9.17, 15) is 9.59 Å². The second-order valence-electron chi connectivity index (χ2n) is 5.83. The Kier molecular flexibility index (Phi) is 4.29. The van der Waals surface area contributed by atoms with Crippen molar-refractivity contribution in [3.63, 3.8) is 0 Å². The molecule has 0 aromatic heterocycles. The van der Waals surface area contributed by atoms with Crippen LogP contribution >= 0.6 is 0 Å². The number of carbonyl (C=O) groups is 2. The molecule has 6 nitrogen and oxygen atoms in total. The zero-order valence-corrected chi connectivity index (χ0v) is 11.4. The van der Waals surface area contributed by atoms with Gasteiger partial charge in [0.25, 0.3) is 0 Å². The summed E-state index contributed by atoms with van der Waals surface area (Å²) in [7, 11) is 0. The van der Waals surface area contributed by atoms with E-state index in [0.717, 1.165) is 38.9 Å². The molecule has 0 aromatic rings. The molecule has 2 amide bonds. The smallest absolute Gasteiger partial charge is 0.323 e. The number of carboxylic acid groups (broad SMARTS) is 1. The maximum Gasteiger partial charge on any atom is 0.323 e. The summed E-state index contributed by atoms with van der Waals surface area (Å²) in [4.78, 5) is 24.3. The van der Waals surface area contributed by atoms with Gasteiger partial charge in [-0.3, -0.25) is 4.79 Å². The van der Waals surface area contributed by atoms with Crippen LogP contribution in [-0.4, -0.2) is 54.4 Å². The first-order valence-electron chi connectivity index (χ1n) is 6.84. The number of hydrogen-bond donors (Lipinski definition) is 2. The molecule has 1 heterocycles. The fourth-order valence-electron chi connectivity index (χ4n) is 2.33. The lowest BCUT2D eigenvalue weighted by Crippen LogP contribution is -2.48. The number of urea groups is 1. The molecule has 108 valence electrons. The molecule has 0 unspecified atom stereocenters. The van der Waals surface area contributed by atoms with E-state index in [4.69, 9.17) is 9.84 Å². The van der Waals surface area contributed by atoms with Crippen molar-refractivity contribution >= 4 is 12.0 Å². The third-order valence-corrected chi connectivity index (χ3v) is 3.92. The number of nitrogens with zero attached hydrogens (tertiary/aromatic N) is 1. The van der Waals surface area contributed by atoms with Crippen LogP contribution in [0.2, 0.25) is 0 Å². The summed E-state index contributed by atoms with van der Waals surface area (Å²) in [6, 6.07) is -0.142. The molecular weight excluding hydrogens is 248 g/mol. The van der Waals surface area contributed by atoms with Crippen LogP contribution in [0.3, 0.4) is 0 Å². The molecule has 1 saturated carbocycles. The fraction of sp³-hybridized carbons (Fsp3) is 0.846. The van der Waals surface area contributed by atoms with Crippen LogP contribution in [0, 0.1) is 5.41 Å². The molecular formula is C13H22N2O4. The molecule has 0 radical (unpaired) electrons. The van der Waals surface area contributed by atoms with Gasteiger partial charge in [-0.25, -0.2) is 4.79 Å². The number of carbonyl (C=O) groups excluding carboxylic acids is 1. The second kappa shape index (κ2) is 5.77. The lowest BCUT2D eigenvalue weighted by molar-refractivity contribution is -0.137. The first-order chi connectivity index (χ1) is 9.00. The lowest BCUT2D eigenvalue weighted by Gasteiger charge is -2.34. The Hall–Kier alpha value is -1.30. The number of amides is 2. The van der Waals surface area contributed by atoms with Gasteiger partial charge >= 0.3 is 12.0 Å². The van der Waals surface area contributed by atoms with Crippen LogP contribution in [0.25, 0.3) is 0 Å². The summed E-state index contributed by atoms with van der Waals surface area (Å²) < 4.78 is 5.32. The first kappa shape index (κ1) is 14.1. The van der Waals surface area contributed by atoms with E-state index in [1.165, 1.54) is 4.90 Å². The third-order valence-electron chi connectivity index (χ3n) is 3.92. The molecule has 0 spiro atoms. The predicted octanol–water partition coefficient (Wildman–Crippen LogP) is 1.06. The topological polar surface area (TPSA) is 78.9 Å². The maximum atomic E-state index is 12.1. The number of rotatable bonds is 5. The fourth-order valence-corrected chi connectivity index (χ4v) is 2.33. The van der Waals surface area contributed by atoms with E-state index >= 15 is 0 Å². The Morgan fingerprint density at radius 3 is 2.53 bits per heavy atom. The average Bonchev–Trinajstić information content (AvgIpc) is 3.18. The Morgan fingerprint density at radius 2 is 2.00 bits per heavy atom. The Labute approximate surface area is 113 Å². The number of ether oxygens (including phenoxy) is 1. The van der Waals surface area contributed by atoms with Crippen LogP contribution in [0.4, 0.5) is 4.79 Å². The summed E-state index contributed by atoms with van der Waals surface area (Å²) in [5.41, 5.74) is 0.0619. The molecule has 2 aliphatic rings. The molecule has 2 fully saturated rings. The Balaban J connectivity index is 1.83. The van der Waals surface area contributed by atoms with Gasteiger partial charge in [0.05, 0.1) is 0 Å². The maximum absolute atomic E-state index is 12.1. The van der Waals surface area contributed by atoms with E-state index in [1.54, 1.807) is 0 Å². The molecule has 6 heteroatoms. The van der Waals surface area contributed by atoms with Crippen molar-refractivity contribution in [2.75, 3.05) is 26.3 Å². The number of carboxylic acids is 1. The first-order valence-corrected chi connectivity index (χ1v) is 6.84. The molecule has 0 aromatic carbocycles. The van der Waals surface area contributed by atoms with Crippen molar-refractivity contribution < 1.29 is 19.4 Å². The summed E-state index contributed by atoms with van der Waals surface area (Å²) in [6.07, 6.45) is 3.67. The van der Waals surface area contributed by atoms with E-state index in [1.807, 2.05) is 0 Å². The highest BCUT2D eigenvalue weighted by atomic mass is 16.5. The average molecular weight is 270 g/mol. The van der Waals surface area contributed by atoms with E-state index in [2.05, 4.69) is 12.2 Å². The summed E-state index contributed by atoms with van der Waals surface area (Å²) in [5, 5.41) is 11.7. The van der Waals surface area contributed by atoms with Gasteiger partial charge in [-0.05, 0) is 31.1 Å². The van der Waals surface area contributed by atoms with Crippen LogP contribution in [0.5, 0.6) is 0 Å². The lowest BCUT2D eigenvalue weighted by atomic mass is 9.82. The molecule has 19 heavy (non-hydrogen) atoms. The molecule has 1 saturated heterocycles. The Bertz CT molecular complexity index is 349. The summed E-state index contributed by atoms with van der Waals surface area (Å²) in [5.74, 6) is -0.959. The largest absolute Gasteiger partial charge is 0.480 e. The van der Waals surface area contributed by atoms with Crippen molar-refractivity contribution in [1.82, 2.24) is 10.2 Å². The highest BCUT2D eigenvalue weighted by Gasteiger charge is 2.35. The quantitative estimate of drug-likeness (QED) is 0.783. The third kappa shape index (κ3) is 4.09. The van der Waals surface area contributed by atoms with Gasteiger partial charge in [-0.15, -0.1) is 0 Å². The van der Waals surface area contributed by atoms with Crippen molar-refractivity contribution in [2.24, 2.45) is 5.41 Å². The van der Waals surface area contributed by atoms with Gasteiger partial charge in [0.15, 0.2) is 0 Å². The van der Waals surface area contributed by atoms with Crippen molar-refractivity contribution in [3.05, 3.63) is 0 Å². The molecule has 1 aliphatic carbocycles. The monoisotopic (exact) mass is 270 g/mol. The number of hydrogen-bond acceptors (Lipinski definition) is 3. The van der Waals surface area contributed by atoms with Gasteiger partial charge in [-0.2, -0.15) is 0 Å². The minimum atomic E-state index is -0.959. The van der Waals surface area contributed by atoms with E-state index < -0.39 is 5.97 Å². The minimum absolute atomic E-state index is 0.0619. The highest BCUT2D eigenvalue weighted by molar-refractivity contribution is 5.80. The zero-order chi connectivity index (χ0) is 13.9. The van der Waals surface area contributed by atoms with E-state index in [0.29, 0.717) is 6.54 Å². The molecule has 2 rings (SSSR count). The molecule has 0 bridgehead atoms. The van der Waals surface area contributed by atoms with Gasteiger partial charge in [-0.1, -0.05) is 6.92 Å². The second-order valence-corrected chi connectivity index (χ2v) is 5.83. The zero-order valence-electron chi connectivity index (χ0n) is 11.4. The van der Waals surface area contributed by atoms with Gasteiger partial charge < -0.3 is 20.1 Å².